The zero-order chi connectivity index (χ0) is 12.1. The summed E-state index contributed by atoms with van der Waals surface area (Å²) >= 11 is 0. The van der Waals surface area contributed by atoms with Gasteiger partial charge in [-0.1, -0.05) is 18.2 Å². The second-order valence-electron chi connectivity index (χ2n) is 4.29. The summed E-state index contributed by atoms with van der Waals surface area (Å²) in [4.78, 5) is 2.07. The standard InChI is InChI=1S/C13H19NO3/c15-7-5-14(6-8-16)9-11-10-17-13-4-2-1-3-12(11)13/h1-4,11,15-16H,5-10H2. The molecule has 0 spiro atoms. The number of fused-ring (bicyclic) bond motifs is 1. The minimum absolute atomic E-state index is 0.120. The maximum absolute atomic E-state index is 8.98. The molecule has 0 saturated heterocycles. The van der Waals surface area contributed by atoms with Gasteiger partial charge in [0.1, 0.15) is 5.75 Å². The van der Waals surface area contributed by atoms with Gasteiger partial charge in [-0.05, 0) is 6.07 Å². The molecule has 0 radical (unpaired) electrons. The molecule has 17 heavy (non-hydrogen) atoms. The van der Waals surface area contributed by atoms with E-state index in [1.807, 2.05) is 18.2 Å². The molecule has 1 aliphatic rings. The Bertz CT molecular complexity index is 350. The summed E-state index contributed by atoms with van der Waals surface area (Å²) in [5, 5.41) is 18.0. The van der Waals surface area contributed by atoms with Crippen molar-refractivity contribution in [2.75, 3.05) is 39.5 Å². The fourth-order valence-electron chi connectivity index (χ4n) is 2.27. The lowest BCUT2D eigenvalue weighted by atomic mass is 10.0. The zero-order valence-corrected chi connectivity index (χ0v) is 9.88. The van der Waals surface area contributed by atoms with Crippen LogP contribution in [-0.2, 0) is 0 Å². The van der Waals surface area contributed by atoms with E-state index in [1.165, 1.54) is 5.56 Å². The molecule has 4 nitrogen and oxygen atoms in total. The lowest BCUT2D eigenvalue weighted by Gasteiger charge is -2.23. The number of nitrogens with zero attached hydrogens (tertiary/aromatic N) is 1. The van der Waals surface area contributed by atoms with Gasteiger partial charge in [-0.3, -0.25) is 4.90 Å². The van der Waals surface area contributed by atoms with E-state index in [2.05, 4.69) is 11.0 Å². The average Bonchev–Trinajstić information content (AvgIpc) is 2.74. The van der Waals surface area contributed by atoms with Crippen LogP contribution in [0.4, 0.5) is 0 Å². The third-order valence-electron chi connectivity index (χ3n) is 3.11. The highest BCUT2D eigenvalue weighted by Gasteiger charge is 2.25. The Labute approximate surface area is 101 Å². The summed E-state index contributed by atoms with van der Waals surface area (Å²) in [6.07, 6.45) is 0. The van der Waals surface area contributed by atoms with Gasteiger partial charge in [0, 0.05) is 31.1 Å². The van der Waals surface area contributed by atoms with Crippen molar-refractivity contribution in [1.82, 2.24) is 4.90 Å². The van der Waals surface area contributed by atoms with Crippen molar-refractivity contribution >= 4 is 0 Å². The number of ether oxygens (including phenoxy) is 1. The number of aliphatic hydroxyl groups is 2. The Morgan fingerprint density at radius 2 is 1.88 bits per heavy atom. The van der Waals surface area contributed by atoms with Crippen LogP contribution in [0, 0.1) is 0 Å². The predicted octanol–water partition coefficient (Wildman–Crippen LogP) is 0.449. The van der Waals surface area contributed by atoms with E-state index in [9.17, 15) is 0 Å². The Hall–Kier alpha value is -1.10. The number of hydrogen-bond acceptors (Lipinski definition) is 4. The van der Waals surface area contributed by atoms with Gasteiger partial charge in [-0.25, -0.2) is 0 Å². The second kappa shape index (κ2) is 6.00. The summed E-state index contributed by atoms with van der Waals surface area (Å²) in [5.41, 5.74) is 1.23. The highest BCUT2D eigenvalue weighted by molar-refractivity contribution is 5.39. The van der Waals surface area contributed by atoms with Gasteiger partial charge in [0.05, 0.1) is 19.8 Å². The quantitative estimate of drug-likeness (QED) is 0.754. The number of rotatable bonds is 6. The molecule has 4 heteroatoms. The minimum Gasteiger partial charge on any atom is -0.493 e. The number of hydrogen-bond donors (Lipinski definition) is 2. The van der Waals surface area contributed by atoms with Gasteiger partial charge in [0.2, 0.25) is 0 Å². The lowest BCUT2D eigenvalue weighted by Crippen LogP contribution is -2.34. The average molecular weight is 237 g/mol. The smallest absolute Gasteiger partial charge is 0.122 e. The first kappa shape index (κ1) is 12.4. The van der Waals surface area contributed by atoms with Crippen molar-refractivity contribution in [2.24, 2.45) is 0 Å². The van der Waals surface area contributed by atoms with Crippen LogP contribution >= 0.6 is 0 Å². The van der Waals surface area contributed by atoms with E-state index in [-0.39, 0.29) is 13.2 Å². The summed E-state index contributed by atoms with van der Waals surface area (Å²) in [7, 11) is 0. The van der Waals surface area contributed by atoms with Gasteiger partial charge < -0.3 is 14.9 Å². The molecule has 1 aliphatic heterocycles. The largest absolute Gasteiger partial charge is 0.493 e. The summed E-state index contributed by atoms with van der Waals surface area (Å²) in [5.74, 6) is 1.30. The first-order valence-electron chi connectivity index (χ1n) is 6.01. The molecule has 0 fully saturated rings. The predicted molar refractivity (Wildman–Crippen MR) is 65.3 cm³/mol. The molecule has 1 aromatic carbocycles. The van der Waals surface area contributed by atoms with E-state index in [1.54, 1.807) is 0 Å². The van der Waals surface area contributed by atoms with Gasteiger partial charge in [-0.15, -0.1) is 0 Å². The first-order valence-corrected chi connectivity index (χ1v) is 6.01. The molecular formula is C13H19NO3. The summed E-state index contributed by atoms with van der Waals surface area (Å²) < 4.78 is 5.62. The molecule has 2 rings (SSSR count). The summed E-state index contributed by atoms with van der Waals surface area (Å²) in [6, 6.07) is 8.06. The number of aliphatic hydroxyl groups excluding tert-OH is 2. The van der Waals surface area contributed by atoms with Gasteiger partial charge in [0.15, 0.2) is 0 Å². The van der Waals surface area contributed by atoms with Gasteiger partial charge in [0.25, 0.3) is 0 Å². The van der Waals surface area contributed by atoms with E-state index in [0.29, 0.717) is 25.6 Å². The molecule has 0 bridgehead atoms. The van der Waals surface area contributed by atoms with Crippen molar-refractivity contribution in [2.45, 2.75) is 5.92 Å². The molecule has 0 saturated carbocycles. The number of para-hydroxylation sites is 1. The van der Waals surface area contributed by atoms with Crippen molar-refractivity contribution in [3.8, 4) is 5.75 Å². The Balaban J connectivity index is 1.99. The van der Waals surface area contributed by atoms with E-state index >= 15 is 0 Å². The maximum atomic E-state index is 8.98. The van der Waals surface area contributed by atoms with E-state index in [0.717, 1.165) is 12.3 Å². The first-order chi connectivity index (χ1) is 8.35. The maximum Gasteiger partial charge on any atom is 0.122 e. The molecule has 1 atom stereocenters. The molecule has 0 aromatic heterocycles. The van der Waals surface area contributed by atoms with Gasteiger partial charge in [-0.2, -0.15) is 0 Å². The van der Waals surface area contributed by atoms with Crippen molar-refractivity contribution < 1.29 is 14.9 Å². The minimum atomic E-state index is 0.120. The van der Waals surface area contributed by atoms with Crippen LogP contribution in [0.25, 0.3) is 0 Å². The second-order valence-corrected chi connectivity index (χ2v) is 4.29. The van der Waals surface area contributed by atoms with Crippen molar-refractivity contribution in [3.63, 3.8) is 0 Å². The van der Waals surface area contributed by atoms with Crippen LogP contribution in [-0.4, -0.2) is 54.6 Å². The molecule has 0 aliphatic carbocycles. The molecule has 1 aromatic rings. The Morgan fingerprint density at radius 1 is 1.18 bits per heavy atom. The fourth-order valence-corrected chi connectivity index (χ4v) is 2.27. The highest BCUT2D eigenvalue weighted by Crippen LogP contribution is 2.33. The van der Waals surface area contributed by atoms with Crippen molar-refractivity contribution in [1.29, 1.82) is 0 Å². The van der Waals surface area contributed by atoms with E-state index in [4.69, 9.17) is 14.9 Å². The third-order valence-corrected chi connectivity index (χ3v) is 3.11. The Morgan fingerprint density at radius 3 is 2.59 bits per heavy atom. The molecule has 2 N–H and O–H groups in total. The number of benzene rings is 1. The molecule has 94 valence electrons. The lowest BCUT2D eigenvalue weighted by molar-refractivity contribution is 0.150. The highest BCUT2D eigenvalue weighted by atomic mass is 16.5. The van der Waals surface area contributed by atoms with Crippen LogP contribution in [0.2, 0.25) is 0 Å². The van der Waals surface area contributed by atoms with Gasteiger partial charge >= 0.3 is 0 Å². The van der Waals surface area contributed by atoms with Crippen LogP contribution in [0.1, 0.15) is 11.5 Å². The van der Waals surface area contributed by atoms with Crippen LogP contribution in [0.15, 0.2) is 24.3 Å². The third kappa shape index (κ3) is 2.97. The van der Waals surface area contributed by atoms with Crippen LogP contribution in [0.5, 0.6) is 5.75 Å². The van der Waals surface area contributed by atoms with E-state index < -0.39 is 0 Å². The molecule has 0 amide bonds. The molecule has 1 unspecified atom stereocenters. The normalized spacial score (nSPS) is 18.2. The van der Waals surface area contributed by atoms with Crippen molar-refractivity contribution in [3.05, 3.63) is 29.8 Å². The topological polar surface area (TPSA) is 52.9 Å². The van der Waals surface area contributed by atoms with Crippen LogP contribution < -0.4 is 4.74 Å². The zero-order valence-electron chi connectivity index (χ0n) is 9.88. The Kier molecular flexibility index (Phi) is 4.36. The monoisotopic (exact) mass is 237 g/mol. The molecule has 1 heterocycles. The SMILES string of the molecule is OCCN(CCO)CC1COc2ccccc21. The summed E-state index contributed by atoms with van der Waals surface area (Å²) in [6.45, 7) is 2.94. The molecular weight excluding hydrogens is 218 g/mol. The fraction of sp³-hybridized carbons (Fsp3) is 0.538. The van der Waals surface area contributed by atoms with Crippen LogP contribution in [0.3, 0.4) is 0 Å².